The number of nitrogens with zero attached hydrogens (tertiary/aromatic N) is 2. The summed E-state index contributed by atoms with van der Waals surface area (Å²) in [6.45, 7) is 0.552. The first-order chi connectivity index (χ1) is 6.43. The highest BCUT2D eigenvalue weighted by Crippen LogP contribution is 2.32. The number of H-pyrrole nitrogens is 1. The highest BCUT2D eigenvalue weighted by molar-refractivity contribution is 5.86. The average Bonchev–Trinajstić information content (AvgIpc) is 2.61. The summed E-state index contributed by atoms with van der Waals surface area (Å²) >= 11 is 0. The smallest absolute Gasteiger partial charge is 0.146 e. The van der Waals surface area contributed by atoms with E-state index >= 15 is 0 Å². The summed E-state index contributed by atoms with van der Waals surface area (Å²) in [7, 11) is 0. The summed E-state index contributed by atoms with van der Waals surface area (Å²) in [6, 6.07) is 3.89. The summed E-state index contributed by atoms with van der Waals surface area (Å²) in [5.41, 5.74) is 1.85. The van der Waals surface area contributed by atoms with Crippen LogP contribution in [-0.2, 0) is 0 Å². The quantitative estimate of drug-likeness (QED) is 0.658. The molecule has 1 N–H and O–H groups in total. The van der Waals surface area contributed by atoms with Crippen LogP contribution >= 0.6 is 0 Å². The Morgan fingerprint density at radius 2 is 2.38 bits per heavy atom. The zero-order valence-electron chi connectivity index (χ0n) is 6.82. The van der Waals surface area contributed by atoms with Gasteiger partial charge in [0.1, 0.15) is 18.0 Å². The normalized spacial score (nSPS) is 14.2. The lowest BCUT2D eigenvalue weighted by Gasteiger charge is -2.10. The molecular formula is C9H7N3O. The van der Waals surface area contributed by atoms with Crippen LogP contribution in [0.25, 0.3) is 10.9 Å². The van der Waals surface area contributed by atoms with Crippen molar-refractivity contribution in [3.8, 4) is 5.75 Å². The van der Waals surface area contributed by atoms with Crippen molar-refractivity contribution in [2.75, 3.05) is 6.61 Å². The summed E-state index contributed by atoms with van der Waals surface area (Å²) in [5.74, 6) is 0.830. The molecule has 0 amide bonds. The molecule has 3 rings (SSSR count). The molecule has 2 heterocycles. The van der Waals surface area contributed by atoms with E-state index in [-0.39, 0.29) is 0 Å². The van der Waals surface area contributed by atoms with Crippen LogP contribution in [0.5, 0.6) is 5.75 Å². The number of benzene rings is 1. The number of rotatable bonds is 0. The lowest BCUT2D eigenvalue weighted by atomic mass is 10.2. The largest absolute Gasteiger partial charge is 0.486 e. The Morgan fingerprint density at radius 1 is 1.38 bits per heavy atom. The van der Waals surface area contributed by atoms with Gasteiger partial charge in [0.05, 0.1) is 11.7 Å². The predicted molar refractivity (Wildman–Crippen MR) is 49.7 cm³/mol. The number of aliphatic imine (C=N–C) groups is 1. The molecule has 0 aliphatic carbocycles. The summed E-state index contributed by atoms with van der Waals surface area (Å²) in [4.78, 5) is 4.22. The topological polar surface area (TPSA) is 50.3 Å². The van der Waals surface area contributed by atoms with E-state index in [1.165, 1.54) is 0 Å². The fourth-order valence-electron chi connectivity index (χ4n) is 1.44. The Labute approximate surface area is 74.2 Å². The van der Waals surface area contributed by atoms with Crippen molar-refractivity contribution in [1.82, 2.24) is 10.2 Å². The molecular weight excluding hydrogens is 166 g/mol. The fraction of sp³-hybridized carbons (Fsp3) is 0.111. The van der Waals surface area contributed by atoms with Gasteiger partial charge in [-0.2, -0.15) is 5.10 Å². The number of ether oxygens (including phenoxy) is 1. The molecule has 1 aliphatic rings. The average molecular weight is 173 g/mol. The third-order valence-electron chi connectivity index (χ3n) is 2.06. The second-order valence-electron chi connectivity index (χ2n) is 2.90. The van der Waals surface area contributed by atoms with E-state index in [2.05, 4.69) is 15.2 Å². The van der Waals surface area contributed by atoms with Crippen molar-refractivity contribution < 1.29 is 4.74 Å². The molecule has 0 radical (unpaired) electrons. The van der Waals surface area contributed by atoms with Crippen LogP contribution in [0, 0.1) is 0 Å². The van der Waals surface area contributed by atoms with Gasteiger partial charge in [-0.15, -0.1) is 0 Å². The summed E-state index contributed by atoms with van der Waals surface area (Å²) in [5, 5.41) is 7.88. The molecule has 13 heavy (non-hydrogen) atoms. The molecule has 2 aromatic rings. The second kappa shape index (κ2) is 2.32. The molecule has 0 bridgehead atoms. The van der Waals surface area contributed by atoms with E-state index in [4.69, 9.17) is 4.74 Å². The Kier molecular flexibility index (Phi) is 1.19. The number of aromatic amines is 1. The van der Waals surface area contributed by atoms with Gasteiger partial charge >= 0.3 is 0 Å². The number of nitrogens with one attached hydrogen (secondary N) is 1. The fourth-order valence-corrected chi connectivity index (χ4v) is 1.44. The summed E-state index contributed by atoms with van der Waals surface area (Å²) < 4.78 is 5.41. The van der Waals surface area contributed by atoms with Crippen LogP contribution in [0.1, 0.15) is 0 Å². The van der Waals surface area contributed by atoms with Gasteiger partial charge < -0.3 is 4.74 Å². The molecule has 0 atom stereocenters. The Hall–Kier alpha value is -1.84. The minimum absolute atomic E-state index is 0.552. The van der Waals surface area contributed by atoms with Crippen LogP contribution in [-0.4, -0.2) is 23.0 Å². The third-order valence-corrected chi connectivity index (χ3v) is 2.06. The van der Waals surface area contributed by atoms with Crippen molar-refractivity contribution in [2.45, 2.75) is 0 Å². The van der Waals surface area contributed by atoms with Crippen molar-refractivity contribution in [3.63, 3.8) is 0 Å². The van der Waals surface area contributed by atoms with E-state index in [1.807, 2.05) is 12.1 Å². The van der Waals surface area contributed by atoms with Gasteiger partial charge in [0.2, 0.25) is 0 Å². The minimum atomic E-state index is 0.552. The Morgan fingerprint density at radius 3 is 3.38 bits per heavy atom. The first-order valence-electron chi connectivity index (χ1n) is 4.06. The first-order valence-corrected chi connectivity index (χ1v) is 4.06. The molecule has 64 valence electrons. The van der Waals surface area contributed by atoms with Crippen molar-refractivity contribution in [2.24, 2.45) is 4.99 Å². The first kappa shape index (κ1) is 6.65. The third kappa shape index (κ3) is 0.917. The number of aromatic nitrogens is 2. The van der Waals surface area contributed by atoms with E-state index in [0.29, 0.717) is 6.61 Å². The molecule has 0 saturated carbocycles. The second-order valence-corrected chi connectivity index (χ2v) is 2.90. The molecule has 0 saturated heterocycles. The van der Waals surface area contributed by atoms with E-state index in [9.17, 15) is 0 Å². The van der Waals surface area contributed by atoms with Crippen LogP contribution in [0.3, 0.4) is 0 Å². The van der Waals surface area contributed by atoms with Gasteiger partial charge in [-0.05, 0) is 12.1 Å². The minimum Gasteiger partial charge on any atom is -0.486 e. The van der Waals surface area contributed by atoms with Gasteiger partial charge in [0.15, 0.2) is 0 Å². The van der Waals surface area contributed by atoms with Crippen molar-refractivity contribution >= 4 is 22.8 Å². The summed E-state index contributed by atoms with van der Waals surface area (Å²) in [6.07, 6.45) is 3.53. The lowest BCUT2D eigenvalue weighted by Crippen LogP contribution is -2.02. The highest BCUT2D eigenvalue weighted by Gasteiger charge is 2.08. The predicted octanol–water partition coefficient (Wildman–Crippen LogP) is 1.66. The van der Waals surface area contributed by atoms with Gasteiger partial charge in [-0.3, -0.25) is 10.1 Å². The van der Waals surface area contributed by atoms with Crippen LogP contribution in [0.2, 0.25) is 0 Å². The number of hydrogen-bond acceptors (Lipinski definition) is 3. The maximum Gasteiger partial charge on any atom is 0.146 e. The zero-order valence-corrected chi connectivity index (χ0v) is 6.82. The number of hydrogen-bond donors (Lipinski definition) is 1. The van der Waals surface area contributed by atoms with Crippen LogP contribution in [0.4, 0.5) is 5.69 Å². The molecule has 1 aromatic carbocycles. The molecule has 4 nitrogen and oxygen atoms in total. The molecule has 1 aliphatic heterocycles. The molecule has 1 aromatic heterocycles. The standard InChI is InChI=1S/C9H7N3O/c1-2-13-9-3-6-5-11-12-7(6)4-8(9)10-1/h1,3-5H,2H2,(H,11,12). The SMILES string of the molecule is C1=Nc2cc3[nH]ncc3cc2OC1. The van der Waals surface area contributed by atoms with Gasteiger partial charge in [0.25, 0.3) is 0 Å². The van der Waals surface area contributed by atoms with Crippen LogP contribution < -0.4 is 4.74 Å². The van der Waals surface area contributed by atoms with Crippen molar-refractivity contribution in [1.29, 1.82) is 0 Å². The van der Waals surface area contributed by atoms with E-state index in [1.54, 1.807) is 12.4 Å². The monoisotopic (exact) mass is 173 g/mol. The van der Waals surface area contributed by atoms with Gasteiger partial charge in [-0.1, -0.05) is 0 Å². The van der Waals surface area contributed by atoms with Crippen molar-refractivity contribution in [3.05, 3.63) is 18.3 Å². The van der Waals surface area contributed by atoms with E-state index < -0.39 is 0 Å². The molecule has 0 spiro atoms. The number of fused-ring (bicyclic) bond motifs is 2. The maximum absolute atomic E-state index is 5.41. The molecule has 4 heteroatoms. The Balaban J connectivity index is 2.36. The zero-order chi connectivity index (χ0) is 8.67. The van der Waals surface area contributed by atoms with Gasteiger partial charge in [0, 0.05) is 11.6 Å². The molecule has 0 unspecified atom stereocenters. The Bertz CT molecular complexity index is 487. The highest BCUT2D eigenvalue weighted by atomic mass is 16.5. The lowest BCUT2D eigenvalue weighted by molar-refractivity contribution is 0.377. The maximum atomic E-state index is 5.41. The molecule has 0 fully saturated rings. The van der Waals surface area contributed by atoms with E-state index in [0.717, 1.165) is 22.3 Å². The van der Waals surface area contributed by atoms with Gasteiger partial charge in [-0.25, -0.2) is 0 Å². The van der Waals surface area contributed by atoms with Crippen LogP contribution in [0.15, 0.2) is 23.3 Å².